The van der Waals surface area contributed by atoms with Crippen molar-refractivity contribution in [3.8, 4) is 0 Å². The highest BCUT2D eigenvalue weighted by Gasteiger charge is 2.14. The third-order valence-corrected chi connectivity index (χ3v) is 6.09. The van der Waals surface area contributed by atoms with Gasteiger partial charge in [-0.05, 0) is 66.9 Å². The lowest BCUT2D eigenvalue weighted by Crippen LogP contribution is -2.16. The molecule has 0 radical (unpaired) electrons. The molecule has 5 aromatic rings. The molecule has 0 saturated carbocycles. The molecule has 0 bridgehead atoms. The molecule has 0 aliphatic rings. The van der Waals surface area contributed by atoms with Gasteiger partial charge < -0.3 is 9.32 Å². The van der Waals surface area contributed by atoms with Gasteiger partial charge in [0, 0.05) is 39.8 Å². The van der Waals surface area contributed by atoms with Gasteiger partial charge in [-0.2, -0.15) is 0 Å². The number of aryl methyl sites for hydroxylation is 2. The SMILES string of the molecule is CCc1ccc2c(c1)oc1cc(N(Cc3ccc(Cl)cc3)c3ccc(C)cc3)ccc12. The summed E-state index contributed by atoms with van der Waals surface area (Å²) in [7, 11) is 0. The number of hydrogen-bond donors (Lipinski definition) is 0. The van der Waals surface area contributed by atoms with Crippen molar-refractivity contribution in [1.29, 1.82) is 0 Å². The fourth-order valence-electron chi connectivity index (χ4n) is 4.03. The minimum absolute atomic E-state index is 0.742. The van der Waals surface area contributed by atoms with Crippen LogP contribution in [-0.4, -0.2) is 0 Å². The molecule has 154 valence electrons. The van der Waals surface area contributed by atoms with Crippen LogP contribution in [0.5, 0.6) is 0 Å². The Hall–Kier alpha value is -3.23. The number of hydrogen-bond acceptors (Lipinski definition) is 2. The van der Waals surface area contributed by atoms with E-state index in [1.807, 2.05) is 12.1 Å². The van der Waals surface area contributed by atoms with Crippen molar-refractivity contribution in [3.05, 3.63) is 107 Å². The molecule has 4 aromatic carbocycles. The monoisotopic (exact) mass is 425 g/mol. The van der Waals surface area contributed by atoms with Crippen LogP contribution in [0.2, 0.25) is 5.02 Å². The Bertz CT molecular complexity index is 1350. The summed E-state index contributed by atoms with van der Waals surface area (Å²) in [5, 5.41) is 3.07. The van der Waals surface area contributed by atoms with Gasteiger partial charge in [0.15, 0.2) is 0 Å². The largest absolute Gasteiger partial charge is 0.456 e. The van der Waals surface area contributed by atoms with Gasteiger partial charge in [-0.3, -0.25) is 0 Å². The number of furan rings is 1. The number of fused-ring (bicyclic) bond motifs is 3. The van der Waals surface area contributed by atoms with E-state index in [4.69, 9.17) is 16.0 Å². The van der Waals surface area contributed by atoms with Crippen LogP contribution in [0.25, 0.3) is 21.9 Å². The molecule has 0 atom stereocenters. The predicted molar refractivity (Wildman–Crippen MR) is 132 cm³/mol. The molecule has 0 spiro atoms. The quantitative estimate of drug-likeness (QED) is 0.281. The van der Waals surface area contributed by atoms with Crippen LogP contribution < -0.4 is 4.90 Å². The maximum atomic E-state index is 6.26. The second-order valence-electron chi connectivity index (χ2n) is 8.01. The highest BCUT2D eigenvalue weighted by molar-refractivity contribution is 6.30. The van der Waals surface area contributed by atoms with Crippen LogP contribution >= 0.6 is 11.6 Å². The van der Waals surface area contributed by atoms with Crippen molar-refractivity contribution < 1.29 is 4.42 Å². The Labute approximate surface area is 187 Å². The molecule has 0 fully saturated rings. The Morgan fingerprint density at radius 3 is 2.03 bits per heavy atom. The summed E-state index contributed by atoms with van der Waals surface area (Å²) in [6, 6.07) is 29.7. The molecule has 1 aromatic heterocycles. The molecule has 5 rings (SSSR count). The molecule has 3 heteroatoms. The van der Waals surface area contributed by atoms with Gasteiger partial charge in [0.25, 0.3) is 0 Å². The van der Waals surface area contributed by atoms with Crippen LogP contribution in [0.3, 0.4) is 0 Å². The molecule has 0 aliphatic carbocycles. The molecule has 0 N–H and O–H groups in total. The van der Waals surface area contributed by atoms with E-state index in [2.05, 4.69) is 91.5 Å². The molecule has 0 unspecified atom stereocenters. The lowest BCUT2D eigenvalue weighted by atomic mass is 10.1. The van der Waals surface area contributed by atoms with Gasteiger partial charge in [0.2, 0.25) is 0 Å². The number of anilines is 2. The predicted octanol–water partition coefficient (Wildman–Crippen LogP) is 8.45. The molecule has 0 aliphatic heterocycles. The zero-order chi connectivity index (χ0) is 21.4. The fraction of sp³-hybridized carbons (Fsp3) is 0.143. The first-order valence-corrected chi connectivity index (χ1v) is 11.0. The van der Waals surface area contributed by atoms with E-state index in [1.54, 1.807) is 0 Å². The maximum absolute atomic E-state index is 6.26. The van der Waals surface area contributed by atoms with Gasteiger partial charge in [-0.15, -0.1) is 0 Å². The van der Waals surface area contributed by atoms with Crippen molar-refractivity contribution in [2.75, 3.05) is 4.90 Å². The standard InChI is InChI=1S/C28H24ClNO/c1-3-20-8-14-25-26-15-13-24(17-28(26)31-27(25)16-20)30(23-11-4-19(2)5-12-23)18-21-6-9-22(29)10-7-21/h4-17H,3,18H2,1-2H3. The molecular formula is C28H24ClNO. The molecule has 0 saturated heterocycles. The average Bonchev–Trinajstić information content (AvgIpc) is 3.16. The first-order chi connectivity index (χ1) is 15.1. The summed E-state index contributed by atoms with van der Waals surface area (Å²) in [6.45, 7) is 5.02. The Kier molecular flexibility index (Phi) is 5.17. The lowest BCUT2D eigenvalue weighted by Gasteiger charge is -2.25. The highest BCUT2D eigenvalue weighted by atomic mass is 35.5. The van der Waals surface area contributed by atoms with Gasteiger partial charge in [0.05, 0.1) is 0 Å². The summed E-state index contributed by atoms with van der Waals surface area (Å²) >= 11 is 6.10. The second-order valence-corrected chi connectivity index (χ2v) is 8.45. The van der Waals surface area contributed by atoms with Gasteiger partial charge >= 0.3 is 0 Å². The number of benzene rings is 4. The summed E-state index contributed by atoms with van der Waals surface area (Å²) in [5.41, 5.74) is 7.83. The molecular weight excluding hydrogens is 402 g/mol. The van der Waals surface area contributed by atoms with E-state index in [-0.39, 0.29) is 0 Å². The normalized spacial score (nSPS) is 11.3. The third-order valence-electron chi connectivity index (χ3n) is 5.84. The second kappa shape index (κ2) is 8.13. The minimum atomic E-state index is 0.742. The highest BCUT2D eigenvalue weighted by Crippen LogP contribution is 2.35. The molecule has 1 heterocycles. The number of rotatable bonds is 5. The summed E-state index contributed by atoms with van der Waals surface area (Å²) in [4.78, 5) is 2.31. The van der Waals surface area contributed by atoms with E-state index in [9.17, 15) is 0 Å². The van der Waals surface area contributed by atoms with E-state index >= 15 is 0 Å². The summed E-state index contributed by atoms with van der Waals surface area (Å²) in [6.07, 6.45) is 1.00. The first kappa shape index (κ1) is 19.7. The van der Waals surface area contributed by atoms with Crippen molar-refractivity contribution >= 4 is 44.9 Å². The van der Waals surface area contributed by atoms with Crippen molar-refractivity contribution in [2.45, 2.75) is 26.8 Å². The average molecular weight is 426 g/mol. The van der Waals surface area contributed by atoms with Crippen molar-refractivity contribution in [3.63, 3.8) is 0 Å². The number of nitrogens with zero attached hydrogens (tertiary/aromatic N) is 1. The van der Waals surface area contributed by atoms with Crippen LogP contribution in [0.1, 0.15) is 23.6 Å². The summed E-state index contributed by atoms with van der Waals surface area (Å²) < 4.78 is 6.26. The van der Waals surface area contributed by atoms with Gasteiger partial charge in [0.1, 0.15) is 11.2 Å². The summed E-state index contributed by atoms with van der Waals surface area (Å²) in [5.74, 6) is 0. The zero-order valence-electron chi connectivity index (χ0n) is 17.7. The Morgan fingerprint density at radius 2 is 1.32 bits per heavy atom. The molecule has 2 nitrogen and oxygen atoms in total. The zero-order valence-corrected chi connectivity index (χ0v) is 18.5. The van der Waals surface area contributed by atoms with Crippen LogP contribution in [0.15, 0.2) is 89.3 Å². The van der Waals surface area contributed by atoms with E-state index in [1.165, 1.54) is 22.1 Å². The topological polar surface area (TPSA) is 16.4 Å². The Balaban J connectivity index is 1.60. The maximum Gasteiger partial charge on any atom is 0.137 e. The van der Waals surface area contributed by atoms with E-state index in [0.29, 0.717) is 0 Å². The lowest BCUT2D eigenvalue weighted by molar-refractivity contribution is 0.668. The number of halogens is 1. The van der Waals surface area contributed by atoms with Crippen molar-refractivity contribution in [2.24, 2.45) is 0 Å². The van der Waals surface area contributed by atoms with Crippen LogP contribution in [-0.2, 0) is 13.0 Å². The molecule has 0 amide bonds. The van der Waals surface area contributed by atoms with Gasteiger partial charge in [-0.25, -0.2) is 0 Å². The third kappa shape index (κ3) is 3.92. The minimum Gasteiger partial charge on any atom is -0.456 e. The smallest absolute Gasteiger partial charge is 0.137 e. The molecule has 31 heavy (non-hydrogen) atoms. The van der Waals surface area contributed by atoms with Crippen LogP contribution in [0, 0.1) is 6.92 Å². The first-order valence-electron chi connectivity index (χ1n) is 10.6. The Morgan fingerprint density at radius 1 is 0.710 bits per heavy atom. The van der Waals surface area contributed by atoms with Gasteiger partial charge in [-0.1, -0.05) is 60.5 Å². The van der Waals surface area contributed by atoms with E-state index in [0.717, 1.165) is 45.9 Å². The fourth-order valence-corrected chi connectivity index (χ4v) is 4.15. The van der Waals surface area contributed by atoms with E-state index < -0.39 is 0 Å². The van der Waals surface area contributed by atoms with Crippen LogP contribution in [0.4, 0.5) is 11.4 Å². The van der Waals surface area contributed by atoms with Crippen molar-refractivity contribution in [1.82, 2.24) is 0 Å².